The lowest BCUT2D eigenvalue weighted by Gasteiger charge is -2.13. The van der Waals surface area contributed by atoms with Gasteiger partial charge in [0, 0.05) is 23.3 Å². The van der Waals surface area contributed by atoms with Crippen molar-refractivity contribution in [1.82, 2.24) is 30.2 Å². The average molecular weight is 469 g/mol. The summed E-state index contributed by atoms with van der Waals surface area (Å²) in [5.74, 6) is 1.51. The van der Waals surface area contributed by atoms with Crippen molar-refractivity contribution in [3.8, 4) is 22.8 Å². The molecule has 0 aliphatic rings. The van der Waals surface area contributed by atoms with Gasteiger partial charge in [0.25, 0.3) is 5.91 Å². The number of carbonyl (C=O) groups excluding carboxylic acids is 1. The van der Waals surface area contributed by atoms with Crippen LogP contribution in [0.5, 0.6) is 5.75 Å². The van der Waals surface area contributed by atoms with Crippen molar-refractivity contribution < 1.29 is 14.4 Å². The molecule has 1 aromatic carbocycles. The van der Waals surface area contributed by atoms with Gasteiger partial charge in [-0.3, -0.25) is 19.2 Å². The fourth-order valence-electron chi connectivity index (χ4n) is 2.87. The third-order valence-corrected chi connectivity index (χ3v) is 6.27. The molecule has 0 saturated heterocycles. The number of hydroxylamine groups is 1. The van der Waals surface area contributed by atoms with Crippen LogP contribution in [0, 0.1) is 0 Å². The Morgan fingerprint density at radius 1 is 1.22 bits per heavy atom. The molecule has 0 unspecified atom stereocenters. The first kappa shape index (κ1) is 21.9. The Labute approximate surface area is 192 Å². The van der Waals surface area contributed by atoms with Crippen LogP contribution >= 0.6 is 23.1 Å². The van der Waals surface area contributed by atoms with Gasteiger partial charge in [0.05, 0.1) is 25.2 Å². The topological polar surface area (TPSA) is 104 Å². The number of ether oxygens (including phenoxy) is 1. The van der Waals surface area contributed by atoms with E-state index in [9.17, 15) is 4.79 Å². The van der Waals surface area contributed by atoms with Crippen LogP contribution in [-0.4, -0.2) is 44.4 Å². The van der Waals surface area contributed by atoms with Gasteiger partial charge in [-0.15, -0.1) is 21.5 Å². The van der Waals surface area contributed by atoms with Crippen LogP contribution in [-0.2, 0) is 10.6 Å². The Hall–Kier alpha value is -3.28. The molecule has 1 amide bonds. The predicted octanol–water partition coefficient (Wildman–Crippen LogP) is 3.77. The van der Waals surface area contributed by atoms with E-state index in [1.807, 2.05) is 41.0 Å². The number of aromatic nitrogens is 5. The monoisotopic (exact) mass is 468 g/mol. The minimum absolute atomic E-state index is 0.321. The predicted molar refractivity (Wildman–Crippen MR) is 122 cm³/mol. The first-order valence-corrected chi connectivity index (χ1v) is 11.6. The van der Waals surface area contributed by atoms with Gasteiger partial charge in [-0.05, 0) is 31.2 Å². The molecule has 1 N–H and O–H groups in total. The van der Waals surface area contributed by atoms with E-state index in [2.05, 4.69) is 25.6 Å². The minimum Gasteiger partial charge on any atom is -0.495 e. The number of amides is 1. The first-order chi connectivity index (χ1) is 15.7. The SMILES string of the molecule is CCONC(=O)c1csc(CSc2nnc(-c3cccnc3)n2-c2ccccc2OC)n1. The highest BCUT2D eigenvalue weighted by Gasteiger charge is 2.20. The third-order valence-electron chi connectivity index (χ3n) is 4.30. The van der Waals surface area contributed by atoms with Crippen molar-refractivity contribution in [3.05, 3.63) is 64.9 Å². The quantitative estimate of drug-likeness (QED) is 0.292. The van der Waals surface area contributed by atoms with E-state index in [1.165, 1.54) is 23.1 Å². The number of hydrogen-bond donors (Lipinski definition) is 1. The first-order valence-electron chi connectivity index (χ1n) is 9.69. The molecule has 0 bridgehead atoms. The van der Waals surface area contributed by atoms with Crippen molar-refractivity contribution in [1.29, 1.82) is 0 Å². The smallest absolute Gasteiger partial charge is 0.294 e. The summed E-state index contributed by atoms with van der Waals surface area (Å²) in [5, 5.41) is 12.0. The Kier molecular flexibility index (Phi) is 7.10. The molecule has 3 aromatic heterocycles. The van der Waals surface area contributed by atoms with Crippen LogP contribution in [0.2, 0.25) is 0 Å². The van der Waals surface area contributed by atoms with Gasteiger partial charge in [0.2, 0.25) is 0 Å². The second-order valence-electron chi connectivity index (χ2n) is 6.33. The number of methoxy groups -OCH3 is 1. The fourth-order valence-corrected chi connectivity index (χ4v) is 4.61. The van der Waals surface area contributed by atoms with E-state index in [4.69, 9.17) is 9.57 Å². The molecular formula is C21H20N6O3S2. The van der Waals surface area contributed by atoms with Gasteiger partial charge in [0.1, 0.15) is 16.5 Å². The van der Waals surface area contributed by atoms with Gasteiger partial charge >= 0.3 is 0 Å². The summed E-state index contributed by atoms with van der Waals surface area (Å²) in [5.41, 5.74) is 4.33. The maximum atomic E-state index is 12.0. The summed E-state index contributed by atoms with van der Waals surface area (Å²) in [6.45, 7) is 2.18. The maximum Gasteiger partial charge on any atom is 0.294 e. The van der Waals surface area contributed by atoms with Crippen LogP contribution in [0.25, 0.3) is 17.1 Å². The van der Waals surface area contributed by atoms with Crippen molar-refractivity contribution >= 4 is 29.0 Å². The number of carbonyl (C=O) groups is 1. The number of nitrogens with one attached hydrogen (secondary N) is 1. The number of thioether (sulfide) groups is 1. The molecule has 164 valence electrons. The number of nitrogens with zero attached hydrogens (tertiary/aromatic N) is 5. The van der Waals surface area contributed by atoms with E-state index < -0.39 is 0 Å². The fraction of sp³-hybridized carbons (Fsp3) is 0.190. The normalized spacial score (nSPS) is 10.8. The van der Waals surface area contributed by atoms with Crippen LogP contribution in [0.15, 0.2) is 59.3 Å². The second kappa shape index (κ2) is 10.4. The van der Waals surface area contributed by atoms with Crippen molar-refractivity contribution in [2.45, 2.75) is 17.8 Å². The number of pyridine rings is 1. The summed E-state index contributed by atoms with van der Waals surface area (Å²) in [6.07, 6.45) is 3.46. The Morgan fingerprint density at radius 3 is 2.88 bits per heavy atom. The zero-order chi connectivity index (χ0) is 22.3. The van der Waals surface area contributed by atoms with Crippen LogP contribution in [0.1, 0.15) is 22.4 Å². The molecule has 4 aromatic rings. The summed E-state index contributed by atoms with van der Waals surface area (Å²) in [6, 6.07) is 11.5. The lowest BCUT2D eigenvalue weighted by Crippen LogP contribution is -2.23. The van der Waals surface area contributed by atoms with Crippen molar-refractivity contribution in [2.75, 3.05) is 13.7 Å². The summed E-state index contributed by atoms with van der Waals surface area (Å²) in [7, 11) is 1.63. The van der Waals surface area contributed by atoms with Gasteiger partial charge in [-0.25, -0.2) is 10.5 Å². The van der Waals surface area contributed by atoms with Crippen LogP contribution in [0.4, 0.5) is 0 Å². The minimum atomic E-state index is -0.365. The average Bonchev–Trinajstić information content (AvgIpc) is 3.49. The molecule has 3 heterocycles. The van der Waals surface area contributed by atoms with E-state index in [0.717, 1.165) is 16.3 Å². The molecule has 0 saturated carbocycles. The molecule has 11 heteroatoms. The van der Waals surface area contributed by atoms with Gasteiger partial charge in [-0.2, -0.15) is 0 Å². The number of benzene rings is 1. The van der Waals surface area contributed by atoms with Crippen molar-refractivity contribution in [3.63, 3.8) is 0 Å². The Balaban J connectivity index is 1.63. The van der Waals surface area contributed by atoms with Gasteiger partial charge < -0.3 is 4.74 Å². The highest BCUT2D eigenvalue weighted by Crippen LogP contribution is 2.33. The Bertz CT molecular complexity index is 1200. The van der Waals surface area contributed by atoms with E-state index in [0.29, 0.717) is 34.8 Å². The summed E-state index contributed by atoms with van der Waals surface area (Å²) in [4.78, 5) is 25.6. The maximum absolute atomic E-state index is 12.0. The Morgan fingerprint density at radius 2 is 2.09 bits per heavy atom. The van der Waals surface area contributed by atoms with E-state index in [-0.39, 0.29) is 5.91 Å². The largest absolute Gasteiger partial charge is 0.495 e. The molecule has 4 rings (SSSR count). The van der Waals surface area contributed by atoms with Crippen molar-refractivity contribution in [2.24, 2.45) is 0 Å². The highest BCUT2D eigenvalue weighted by molar-refractivity contribution is 7.98. The second-order valence-corrected chi connectivity index (χ2v) is 8.22. The standard InChI is InChI=1S/C21H20N6O3S2/c1-3-30-26-20(28)15-12-31-18(23-15)13-32-21-25-24-19(14-7-6-10-22-11-14)27(21)16-8-4-5-9-17(16)29-2/h4-12H,3,13H2,1-2H3,(H,26,28). The number of hydrogen-bond acceptors (Lipinski definition) is 9. The van der Waals surface area contributed by atoms with Gasteiger partial charge in [-0.1, -0.05) is 23.9 Å². The molecular weight excluding hydrogens is 448 g/mol. The van der Waals surface area contributed by atoms with Gasteiger partial charge in [0.15, 0.2) is 11.0 Å². The number of thiazole rings is 1. The number of para-hydroxylation sites is 2. The molecule has 0 aliphatic heterocycles. The van der Waals surface area contributed by atoms with E-state index in [1.54, 1.807) is 31.8 Å². The number of rotatable bonds is 9. The van der Waals surface area contributed by atoms with Crippen LogP contribution in [0.3, 0.4) is 0 Å². The molecule has 0 fully saturated rings. The molecule has 9 nitrogen and oxygen atoms in total. The highest BCUT2D eigenvalue weighted by atomic mass is 32.2. The summed E-state index contributed by atoms with van der Waals surface area (Å²) >= 11 is 2.87. The van der Waals surface area contributed by atoms with Crippen LogP contribution < -0.4 is 10.2 Å². The lowest BCUT2D eigenvalue weighted by molar-refractivity contribution is 0.0360. The molecule has 0 atom stereocenters. The zero-order valence-electron chi connectivity index (χ0n) is 17.4. The lowest BCUT2D eigenvalue weighted by atomic mass is 10.2. The zero-order valence-corrected chi connectivity index (χ0v) is 19.0. The molecule has 0 aliphatic carbocycles. The van der Waals surface area contributed by atoms with E-state index >= 15 is 0 Å². The molecule has 0 spiro atoms. The molecule has 32 heavy (non-hydrogen) atoms. The summed E-state index contributed by atoms with van der Waals surface area (Å²) < 4.78 is 7.51. The third kappa shape index (κ3) is 4.79. The molecule has 0 radical (unpaired) electrons.